The predicted octanol–water partition coefficient (Wildman–Crippen LogP) is 3.85. The number of nitrogens with zero attached hydrogens (tertiary/aromatic N) is 4. The minimum absolute atomic E-state index is 0.0348. The molecule has 0 aliphatic carbocycles. The van der Waals surface area contributed by atoms with E-state index in [4.69, 9.17) is 4.98 Å². The molecule has 0 bridgehead atoms. The lowest BCUT2D eigenvalue weighted by molar-refractivity contribution is 0.130. The molecule has 0 amide bonds. The van der Waals surface area contributed by atoms with E-state index in [2.05, 4.69) is 55.1 Å². The summed E-state index contributed by atoms with van der Waals surface area (Å²) in [5.41, 5.74) is 2.10. The van der Waals surface area contributed by atoms with Crippen molar-refractivity contribution in [1.82, 2.24) is 19.4 Å². The minimum atomic E-state index is 0.0348. The van der Waals surface area contributed by atoms with E-state index in [0.29, 0.717) is 12.0 Å². The maximum absolute atomic E-state index is 4.89. The molecule has 1 aliphatic rings. The first kappa shape index (κ1) is 16.4. The zero-order chi connectivity index (χ0) is 16.6. The normalized spacial score (nSPS) is 20.5. The van der Waals surface area contributed by atoms with Crippen LogP contribution in [0.1, 0.15) is 53.3 Å². The molecule has 4 nitrogen and oxygen atoms in total. The monoisotopic (exact) mass is 314 g/mol. The van der Waals surface area contributed by atoms with Gasteiger partial charge in [0.1, 0.15) is 11.3 Å². The van der Waals surface area contributed by atoms with Crippen LogP contribution >= 0.6 is 0 Å². The fourth-order valence-corrected chi connectivity index (χ4v) is 3.68. The summed E-state index contributed by atoms with van der Waals surface area (Å²) in [4.78, 5) is 12.1. The van der Waals surface area contributed by atoms with Crippen molar-refractivity contribution in [3.05, 3.63) is 24.2 Å². The molecule has 3 heterocycles. The summed E-state index contributed by atoms with van der Waals surface area (Å²) in [7, 11) is 0. The van der Waals surface area contributed by atoms with Gasteiger partial charge in [-0.3, -0.25) is 0 Å². The second-order valence-corrected chi connectivity index (χ2v) is 8.24. The third-order valence-corrected chi connectivity index (χ3v) is 4.90. The van der Waals surface area contributed by atoms with E-state index in [1.807, 2.05) is 12.3 Å². The molecule has 1 saturated heterocycles. The van der Waals surface area contributed by atoms with Crippen LogP contribution in [0.4, 0.5) is 0 Å². The van der Waals surface area contributed by atoms with Crippen LogP contribution in [-0.4, -0.2) is 38.6 Å². The Labute approximate surface area is 139 Å². The largest absolute Gasteiger partial charge is 0.312 e. The number of fused-ring (bicyclic) bond motifs is 1. The molecule has 1 atom stereocenters. The second kappa shape index (κ2) is 6.23. The lowest BCUT2D eigenvalue weighted by Gasteiger charge is -2.36. The molecule has 2 aromatic heterocycles. The number of piperidine rings is 1. The highest BCUT2D eigenvalue weighted by atomic mass is 15.2. The van der Waals surface area contributed by atoms with Crippen LogP contribution in [0.25, 0.3) is 11.2 Å². The quantitative estimate of drug-likeness (QED) is 0.863. The Morgan fingerprint density at radius 2 is 2.09 bits per heavy atom. The van der Waals surface area contributed by atoms with Gasteiger partial charge >= 0.3 is 0 Å². The number of aromatic nitrogens is 3. The molecule has 23 heavy (non-hydrogen) atoms. The summed E-state index contributed by atoms with van der Waals surface area (Å²) in [6.07, 6.45) is 4.49. The number of hydrogen-bond donors (Lipinski definition) is 0. The molecule has 0 saturated carbocycles. The Morgan fingerprint density at radius 3 is 2.78 bits per heavy atom. The molecule has 1 unspecified atom stereocenters. The Balaban J connectivity index is 1.92. The molecule has 0 spiro atoms. The van der Waals surface area contributed by atoms with Gasteiger partial charge in [0.2, 0.25) is 0 Å². The van der Waals surface area contributed by atoms with Crippen molar-refractivity contribution in [2.45, 2.75) is 65.5 Å². The Morgan fingerprint density at radius 1 is 1.30 bits per heavy atom. The third kappa shape index (κ3) is 3.42. The van der Waals surface area contributed by atoms with Crippen LogP contribution in [0.15, 0.2) is 18.3 Å². The highest BCUT2D eigenvalue weighted by molar-refractivity contribution is 5.71. The summed E-state index contributed by atoms with van der Waals surface area (Å²) in [6, 6.07) is 4.69. The van der Waals surface area contributed by atoms with Gasteiger partial charge in [0, 0.05) is 30.7 Å². The van der Waals surface area contributed by atoms with Gasteiger partial charge in [-0.25, -0.2) is 9.97 Å². The van der Waals surface area contributed by atoms with Crippen molar-refractivity contribution < 1.29 is 0 Å². The van der Waals surface area contributed by atoms with E-state index in [0.717, 1.165) is 23.5 Å². The molecule has 0 aromatic carbocycles. The van der Waals surface area contributed by atoms with Crippen molar-refractivity contribution in [3.8, 4) is 0 Å². The van der Waals surface area contributed by atoms with Crippen LogP contribution in [-0.2, 0) is 12.0 Å². The smallest absolute Gasteiger partial charge is 0.160 e. The summed E-state index contributed by atoms with van der Waals surface area (Å²) >= 11 is 0. The fourth-order valence-electron chi connectivity index (χ4n) is 3.68. The van der Waals surface area contributed by atoms with Gasteiger partial charge in [0.15, 0.2) is 5.65 Å². The maximum Gasteiger partial charge on any atom is 0.160 e. The molecular formula is C19H30N4. The average molecular weight is 314 g/mol. The number of hydrogen-bond acceptors (Lipinski definition) is 3. The van der Waals surface area contributed by atoms with E-state index >= 15 is 0 Å². The van der Waals surface area contributed by atoms with Gasteiger partial charge < -0.3 is 9.47 Å². The fraction of sp³-hybridized carbons (Fsp3) is 0.684. The van der Waals surface area contributed by atoms with Gasteiger partial charge in [-0.1, -0.05) is 20.8 Å². The minimum Gasteiger partial charge on any atom is -0.312 e. The summed E-state index contributed by atoms with van der Waals surface area (Å²) in [6.45, 7) is 14.8. The van der Waals surface area contributed by atoms with E-state index in [9.17, 15) is 0 Å². The first-order valence-electron chi connectivity index (χ1n) is 8.92. The van der Waals surface area contributed by atoms with Crippen LogP contribution in [0.2, 0.25) is 0 Å². The van der Waals surface area contributed by atoms with Crippen molar-refractivity contribution >= 4 is 11.2 Å². The first-order valence-corrected chi connectivity index (χ1v) is 8.92. The Hall–Kier alpha value is -1.42. The van der Waals surface area contributed by atoms with E-state index < -0.39 is 0 Å². The molecule has 4 heteroatoms. The number of rotatable bonds is 3. The highest BCUT2D eigenvalue weighted by Gasteiger charge is 2.27. The highest BCUT2D eigenvalue weighted by Crippen LogP contribution is 2.28. The summed E-state index contributed by atoms with van der Waals surface area (Å²) in [5.74, 6) is 1.85. The Bertz CT molecular complexity index is 666. The van der Waals surface area contributed by atoms with Gasteiger partial charge in [-0.05, 0) is 51.3 Å². The van der Waals surface area contributed by atoms with Gasteiger partial charge in [0.05, 0.1) is 0 Å². The predicted molar refractivity (Wildman–Crippen MR) is 95.7 cm³/mol. The standard InChI is InChI=1S/C19H30N4/c1-14(2)22-11-7-8-15(12-22)13-23-17-16(9-6-10-20-17)21-18(23)19(3,4)5/h6,9-10,14-15H,7-8,11-13H2,1-5H3. The topological polar surface area (TPSA) is 34.0 Å². The van der Waals surface area contributed by atoms with Crippen molar-refractivity contribution in [3.63, 3.8) is 0 Å². The Kier molecular flexibility index (Phi) is 4.45. The first-order chi connectivity index (χ1) is 10.9. The summed E-state index contributed by atoms with van der Waals surface area (Å²) < 4.78 is 2.38. The van der Waals surface area contributed by atoms with Gasteiger partial charge in [0.25, 0.3) is 0 Å². The molecule has 0 N–H and O–H groups in total. The molecule has 1 fully saturated rings. The molecule has 126 valence electrons. The van der Waals surface area contributed by atoms with Crippen LogP contribution in [0.5, 0.6) is 0 Å². The van der Waals surface area contributed by atoms with Crippen molar-refractivity contribution in [2.24, 2.45) is 5.92 Å². The third-order valence-electron chi connectivity index (χ3n) is 4.90. The van der Waals surface area contributed by atoms with Crippen LogP contribution in [0.3, 0.4) is 0 Å². The zero-order valence-electron chi connectivity index (χ0n) is 15.2. The van der Waals surface area contributed by atoms with Crippen molar-refractivity contribution in [2.75, 3.05) is 13.1 Å². The molecule has 1 aliphatic heterocycles. The molecule has 0 radical (unpaired) electrons. The molecule has 3 rings (SSSR count). The van der Waals surface area contributed by atoms with E-state index in [1.165, 1.54) is 25.9 Å². The van der Waals surface area contributed by atoms with Gasteiger partial charge in [-0.15, -0.1) is 0 Å². The number of likely N-dealkylation sites (tertiary alicyclic amines) is 1. The SMILES string of the molecule is CC(C)N1CCCC(Cn2c(C(C)(C)C)nc3cccnc32)C1. The molecular weight excluding hydrogens is 284 g/mol. The van der Waals surface area contributed by atoms with Gasteiger partial charge in [-0.2, -0.15) is 0 Å². The summed E-state index contributed by atoms with van der Waals surface area (Å²) in [5, 5.41) is 0. The van der Waals surface area contributed by atoms with E-state index in [1.54, 1.807) is 0 Å². The second-order valence-electron chi connectivity index (χ2n) is 8.24. The average Bonchev–Trinajstić information content (AvgIpc) is 2.87. The number of pyridine rings is 1. The van der Waals surface area contributed by atoms with Crippen molar-refractivity contribution in [1.29, 1.82) is 0 Å². The number of imidazole rings is 1. The lowest BCUT2D eigenvalue weighted by Crippen LogP contribution is -2.41. The lowest BCUT2D eigenvalue weighted by atomic mass is 9.94. The maximum atomic E-state index is 4.89. The molecule has 2 aromatic rings. The van der Waals surface area contributed by atoms with E-state index in [-0.39, 0.29) is 5.41 Å². The van der Waals surface area contributed by atoms with Crippen LogP contribution in [0, 0.1) is 5.92 Å². The van der Waals surface area contributed by atoms with Crippen LogP contribution < -0.4 is 0 Å². The zero-order valence-corrected chi connectivity index (χ0v) is 15.2.